The number of para-hydroxylation sites is 1. The molecule has 1 atom stereocenters. The van der Waals surface area contributed by atoms with Crippen molar-refractivity contribution in [2.24, 2.45) is 11.1 Å². The standard InChI is InChI=1S/C15H24N2O2/c1-4-15(2,11-16)14(18)17-10-9-12-7-5-6-8-13(12)19-3/h5-8H,4,9-11,16H2,1-3H3,(H,17,18). The third-order valence-electron chi connectivity index (χ3n) is 3.65. The Bertz CT molecular complexity index is 414. The molecule has 0 spiro atoms. The van der Waals surface area contributed by atoms with Gasteiger partial charge in [0.25, 0.3) is 0 Å². The van der Waals surface area contributed by atoms with Gasteiger partial charge < -0.3 is 15.8 Å². The van der Waals surface area contributed by atoms with Gasteiger partial charge >= 0.3 is 0 Å². The molecule has 1 rings (SSSR count). The van der Waals surface area contributed by atoms with Gasteiger partial charge in [-0.2, -0.15) is 0 Å². The first kappa shape index (κ1) is 15.5. The highest BCUT2D eigenvalue weighted by atomic mass is 16.5. The van der Waals surface area contributed by atoms with Gasteiger partial charge in [0, 0.05) is 13.1 Å². The predicted molar refractivity (Wildman–Crippen MR) is 77.2 cm³/mol. The third kappa shape index (κ3) is 3.96. The van der Waals surface area contributed by atoms with Crippen LogP contribution in [-0.4, -0.2) is 26.1 Å². The number of nitrogens with two attached hydrogens (primary N) is 1. The smallest absolute Gasteiger partial charge is 0.227 e. The number of carbonyl (C=O) groups excluding carboxylic acids is 1. The summed E-state index contributed by atoms with van der Waals surface area (Å²) in [5.41, 5.74) is 6.29. The second-order valence-corrected chi connectivity index (χ2v) is 4.94. The number of ether oxygens (including phenoxy) is 1. The maximum atomic E-state index is 12.0. The van der Waals surface area contributed by atoms with Gasteiger partial charge in [0.05, 0.1) is 12.5 Å². The van der Waals surface area contributed by atoms with E-state index in [4.69, 9.17) is 10.5 Å². The molecule has 0 heterocycles. The summed E-state index contributed by atoms with van der Waals surface area (Å²) in [5.74, 6) is 0.876. The minimum atomic E-state index is -0.471. The topological polar surface area (TPSA) is 64.4 Å². The lowest BCUT2D eigenvalue weighted by molar-refractivity contribution is -0.129. The molecule has 106 valence electrons. The van der Waals surface area contributed by atoms with E-state index in [0.29, 0.717) is 13.1 Å². The van der Waals surface area contributed by atoms with Crippen LogP contribution in [0.15, 0.2) is 24.3 Å². The van der Waals surface area contributed by atoms with Crippen molar-refractivity contribution in [3.63, 3.8) is 0 Å². The van der Waals surface area contributed by atoms with Crippen LogP contribution in [0.4, 0.5) is 0 Å². The van der Waals surface area contributed by atoms with E-state index in [1.165, 1.54) is 0 Å². The molecular weight excluding hydrogens is 240 g/mol. The van der Waals surface area contributed by atoms with E-state index in [2.05, 4.69) is 5.32 Å². The number of methoxy groups -OCH3 is 1. The first-order valence-electron chi connectivity index (χ1n) is 6.67. The maximum Gasteiger partial charge on any atom is 0.227 e. The van der Waals surface area contributed by atoms with Crippen molar-refractivity contribution in [1.29, 1.82) is 0 Å². The molecule has 0 aliphatic carbocycles. The molecule has 0 bridgehead atoms. The van der Waals surface area contributed by atoms with Gasteiger partial charge in [0.2, 0.25) is 5.91 Å². The number of benzene rings is 1. The molecule has 1 unspecified atom stereocenters. The number of hydrogen-bond donors (Lipinski definition) is 2. The van der Waals surface area contributed by atoms with Gasteiger partial charge in [-0.05, 0) is 31.4 Å². The third-order valence-corrected chi connectivity index (χ3v) is 3.65. The summed E-state index contributed by atoms with van der Waals surface area (Å²) in [6.45, 7) is 4.83. The van der Waals surface area contributed by atoms with Gasteiger partial charge in [-0.1, -0.05) is 25.1 Å². The maximum absolute atomic E-state index is 12.0. The van der Waals surface area contributed by atoms with Gasteiger partial charge in [-0.3, -0.25) is 4.79 Å². The fourth-order valence-corrected chi connectivity index (χ4v) is 1.83. The van der Waals surface area contributed by atoms with Crippen molar-refractivity contribution in [3.8, 4) is 5.75 Å². The van der Waals surface area contributed by atoms with E-state index in [9.17, 15) is 4.79 Å². The second-order valence-electron chi connectivity index (χ2n) is 4.94. The lowest BCUT2D eigenvalue weighted by Gasteiger charge is -2.25. The van der Waals surface area contributed by atoms with Crippen molar-refractivity contribution < 1.29 is 9.53 Å². The summed E-state index contributed by atoms with van der Waals surface area (Å²) in [4.78, 5) is 12.0. The molecule has 4 nitrogen and oxygen atoms in total. The highest BCUT2D eigenvalue weighted by Gasteiger charge is 2.29. The number of hydrogen-bond acceptors (Lipinski definition) is 3. The Balaban J connectivity index is 2.52. The van der Waals surface area contributed by atoms with Crippen molar-refractivity contribution in [3.05, 3.63) is 29.8 Å². The average molecular weight is 264 g/mol. The van der Waals surface area contributed by atoms with Crippen LogP contribution in [0.1, 0.15) is 25.8 Å². The molecule has 0 aliphatic heterocycles. The highest BCUT2D eigenvalue weighted by molar-refractivity contribution is 5.82. The molecule has 19 heavy (non-hydrogen) atoms. The van der Waals surface area contributed by atoms with Crippen LogP contribution in [0.25, 0.3) is 0 Å². The van der Waals surface area contributed by atoms with E-state index in [0.717, 1.165) is 24.2 Å². The zero-order chi connectivity index (χ0) is 14.3. The summed E-state index contributed by atoms with van der Waals surface area (Å²) >= 11 is 0. The van der Waals surface area contributed by atoms with Crippen LogP contribution < -0.4 is 15.8 Å². The van der Waals surface area contributed by atoms with Gasteiger partial charge in [0.15, 0.2) is 0 Å². The molecule has 0 radical (unpaired) electrons. The van der Waals surface area contributed by atoms with E-state index < -0.39 is 5.41 Å². The minimum Gasteiger partial charge on any atom is -0.496 e. The van der Waals surface area contributed by atoms with Gasteiger partial charge in [0.1, 0.15) is 5.75 Å². The van der Waals surface area contributed by atoms with E-state index in [1.54, 1.807) is 7.11 Å². The van der Waals surface area contributed by atoms with Crippen LogP contribution in [0.2, 0.25) is 0 Å². The van der Waals surface area contributed by atoms with Crippen LogP contribution in [0, 0.1) is 5.41 Å². The molecule has 3 N–H and O–H groups in total. The predicted octanol–water partition coefficient (Wildman–Crippen LogP) is 1.73. The molecule has 1 aromatic carbocycles. The highest BCUT2D eigenvalue weighted by Crippen LogP contribution is 2.20. The Morgan fingerprint density at radius 3 is 2.68 bits per heavy atom. The van der Waals surface area contributed by atoms with Crippen molar-refractivity contribution >= 4 is 5.91 Å². The number of rotatable bonds is 7. The summed E-state index contributed by atoms with van der Waals surface area (Å²) in [7, 11) is 1.65. The fourth-order valence-electron chi connectivity index (χ4n) is 1.83. The Kier molecular flexibility index (Phi) is 5.83. The van der Waals surface area contributed by atoms with Crippen LogP contribution in [-0.2, 0) is 11.2 Å². The molecule has 0 aliphatic rings. The summed E-state index contributed by atoms with van der Waals surface area (Å²) in [6, 6.07) is 7.83. The monoisotopic (exact) mass is 264 g/mol. The van der Waals surface area contributed by atoms with E-state index in [-0.39, 0.29) is 5.91 Å². The molecule has 0 aromatic heterocycles. The van der Waals surface area contributed by atoms with Crippen LogP contribution in [0.3, 0.4) is 0 Å². The fraction of sp³-hybridized carbons (Fsp3) is 0.533. The summed E-state index contributed by atoms with van der Waals surface area (Å²) in [6.07, 6.45) is 1.49. The van der Waals surface area contributed by atoms with E-state index in [1.807, 2.05) is 38.1 Å². The molecule has 1 amide bonds. The largest absolute Gasteiger partial charge is 0.496 e. The second kappa shape index (κ2) is 7.14. The van der Waals surface area contributed by atoms with Crippen molar-refractivity contribution in [2.45, 2.75) is 26.7 Å². The van der Waals surface area contributed by atoms with Crippen LogP contribution in [0.5, 0.6) is 5.75 Å². The molecule has 0 saturated carbocycles. The summed E-state index contributed by atoms with van der Waals surface area (Å²) in [5, 5.41) is 2.95. The summed E-state index contributed by atoms with van der Waals surface area (Å²) < 4.78 is 5.28. The Labute approximate surface area is 115 Å². The van der Waals surface area contributed by atoms with Crippen molar-refractivity contribution in [2.75, 3.05) is 20.2 Å². The average Bonchev–Trinajstić information content (AvgIpc) is 2.46. The lowest BCUT2D eigenvalue weighted by atomic mass is 9.86. The lowest BCUT2D eigenvalue weighted by Crippen LogP contribution is -2.44. The Hall–Kier alpha value is -1.55. The quantitative estimate of drug-likeness (QED) is 0.788. The van der Waals surface area contributed by atoms with Gasteiger partial charge in [-0.15, -0.1) is 0 Å². The molecule has 1 aromatic rings. The Morgan fingerprint density at radius 2 is 2.11 bits per heavy atom. The zero-order valence-electron chi connectivity index (χ0n) is 12.0. The number of nitrogens with one attached hydrogen (secondary N) is 1. The van der Waals surface area contributed by atoms with Crippen LogP contribution >= 0.6 is 0 Å². The molecular formula is C15H24N2O2. The zero-order valence-corrected chi connectivity index (χ0v) is 12.0. The first-order chi connectivity index (χ1) is 9.07. The molecule has 4 heteroatoms. The number of amides is 1. The molecule has 0 fully saturated rings. The number of carbonyl (C=O) groups is 1. The minimum absolute atomic E-state index is 0.0207. The van der Waals surface area contributed by atoms with E-state index >= 15 is 0 Å². The SMILES string of the molecule is CCC(C)(CN)C(=O)NCCc1ccccc1OC. The van der Waals surface area contributed by atoms with Gasteiger partial charge in [-0.25, -0.2) is 0 Å². The molecule has 0 saturated heterocycles. The van der Waals surface area contributed by atoms with Crippen molar-refractivity contribution in [1.82, 2.24) is 5.32 Å². The first-order valence-corrected chi connectivity index (χ1v) is 6.67. The normalized spacial score (nSPS) is 13.7. The Morgan fingerprint density at radius 1 is 1.42 bits per heavy atom.